The van der Waals surface area contributed by atoms with Crippen molar-refractivity contribution >= 4 is 22.7 Å². The van der Waals surface area contributed by atoms with Crippen LogP contribution in [0.4, 0.5) is 18.3 Å². The van der Waals surface area contributed by atoms with Gasteiger partial charge in [-0.3, -0.25) is 5.43 Å². The fourth-order valence-electron chi connectivity index (χ4n) is 1.54. The van der Waals surface area contributed by atoms with Crippen LogP contribution in [0.1, 0.15) is 22.4 Å². The van der Waals surface area contributed by atoms with Crippen molar-refractivity contribution in [2.75, 3.05) is 5.43 Å². The number of thiazole rings is 1. The molecule has 0 fully saturated rings. The van der Waals surface area contributed by atoms with Crippen molar-refractivity contribution in [3.63, 3.8) is 0 Å². The number of nitriles is 1. The van der Waals surface area contributed by atoms with Gasteiger partial charge in [-0.25, -0.2) is 4.98 Å². The molecule has 108 valence electrons. The molecule has 1 N–H and O–H groups in total. The number of nitrogens with one attached hydrogen (secondary N) is 1. The maximum absolute atomic E-state index is 12.8. The molecule has 8 heteroatoms. The van der Waals surface area contributed by atoms with Gasteiger partial charge in [0.2, 0.25) is 5.13 Å². The summed E-state index contributed by atoms with van der Waals surface area (Å²) >= 11 is 1.34. The van der Waals surface area contributed by atoms with Gasteiger partial charge in [-0.1, -0.05) is 6.07 Å². The monoisotopic (exact) mass is 310 g/mol. The summed E-state index contributed by atoms with van der Waals surface area (Å²) in [5.41, 5.74) is 2.31. The molecular weight excluding hydrogens is 301 g/mol. The molecule has 0 unspecified atom stereocenters. The highest BCUT2D eigenvalue weighted by Crippen LogP contribution is 2.32. The van der Waals surface area contributed by atoms with Crippen LogP contribution >= 0.6 is 11.3 Å². The number of benzene rings is 1. The summed E-state index contributed by atoms with van der Waals surface area (Å²) in [6, 6.07) is 4.93. The Kier molecular flexibility index (Phi) is 4.23. The van der Waals surface area contributed by atoms with E-state index in [1.165, 1.54) is 29.7 Å². The van der Waals surface area contributed by atoms with E-state index in [1.807, 2.05) is 12.3 Å². The van der Waals surface area contributed by atoms with Gasteiger partial charge in [0.15, 0.2) is 0 Å². The number of hydrogen-bond acceptors (Lipinski definition) is 5. The summed E-state index contributed by atoms with van der Waals surface area (Å²) in [5, 5.41) is 14.9. The third-order valence-electron chi connectivity index (χ3n) is 2.46. The van der Waals surface area contributed by atoms with Crippen LogP contribution in [0.3, 0.4) is 0 Å². The second kappa shape index (κ2) is 5.93. The summed E-state index contributed by atoms with van der Waals surface area (Å²) < 4.78 is 38.4. The molecular formula is C13H9F3N4S. The van der Waals surface area contributed by atoms with Gasteiger partial charge in [-0.2, -0.15) is 23.5 Å². The fourth-order valence-corrected chi connectivity index (χ4v) is 2.18. The van der Waals surface area contributed by atoms with Crippen LogP contribution in [-0.4, -0.2) is 11.2 Å². The first-order chi connectivity index (χ1) is 9.90. The van der Waals surface area contributed by atoms with E-state index in [1.54, 1.807) is 0 Å². The number of rotatable bonds is 3. The maximum Gasteiger partial charge on any atom is 0.417 e. The molecule has 0 aliphatic carbocycles. The van der Waals surface area contributed by atoms with Crippen LogP contribution in [0.15, 0.2) is 28.7 Å². The van der Waals surface area contributed by atoms with E-state index in [4.69, 9.17) is 5.26 Å². The first-order valence-electron chi connectivity index (χ1n) is 5.72. The lowest BCUT2D eigenvalue weighted by molar-refractivity contribution is -0.137. The minimum atomic E-state index is -4.57. The highest BCUT2D eigenvalue weighted by molar-refractivity contribution is 7.13. The number of aromatic nitrogens is 1. The van der Waals surface area contributed by atoms with Gasteiger partial charge in [-0.05, 0) is 24.6 Å². The SMILES string of the molecule is Cc1csc(NN=Cc2ccc(C#N)c(C(F)(F)F)c2)n1. The third-order valence-corrected chi connectivity index (χ3v) is 3.33. The second-order valence-corrected chi connectivity index (χ2v) is 4.94. The minimum absolute atomic E-state index is 0.238. The van der Waals surface area contributed by atoms with E-state index in [-0.39, 0.29) is 5.56 Å². The molecule has 0 saturated carbocycles. The molecule has 2 rings (SSSR count). The lowest BCUT2D eigenvalue weighted by atomic mass is 10.0. The molecule has 0 atom stereocenters. The average molecular weight is 310 g/mol. The lowest BCUT2D eigenvalue weighted by Gasteiger charge is -2.08. The molecule has 1 aromatic carbocycles. The number of halogens is 3. The first kappa shape index (κ1) is 15.0. The summed E-state index contributed by atoms with van der Waals surface area (Å²) in [5.74, 6) is 0. The van der Waals surface area contributed by atoms with Crippen molar-refractivity contribution in [1.29, 1.82) is 5.26 Å². The molecule has 1 aromatic heterocycles. The smallest absolute Gasteiger partial charge is 0.253 e. The van der Waals surface area contributed by atoms with Gasteiger partial charge in [0, 0.05) is 5.38 Å². The molecule has 0 aliphatic rings. The van der Waals surface area contributed by atoms with E-state index in [0.29, 0.717) is 5.13 Å². The number of hydrazone groups is 1. The Balaban J connectivity index is 2.19. The number of anilines is 1. The molecule has 0 aliphatic heterocycles. The molecule has 0 spiro atoms. The Hall–Kier alpha value is -2.40. The predicted octanol–water partition coefficient (Wildman–Crippen LogP) is 3.79. The highest BCUT2D eigenvalue weighted by atomic mass is 32.1. The topological polar surface area (TPSA) is 61.1 Å². The van der Waals surface area contributed by atoms with Gasteiger partial charge in [-0.15, -0.1) is 11.3 Å². The molecule has 2 aromatic rings. The summed E-state index contributed by atoms with van der Waals surface area (Å²) in [6.45, 7) is 1.82. The third kappa shape index (κ3) is 3.79. The molecule has 0 amide bonds. The van der Waals surface area contributed by atoms with Gasteiger partial charge < -0.3 is 0 Å². The van der Waals surface area contributed by atoms with Crippen LogP contribution in [-0.2, 0) is 6.18 Å². The molecule has 1 heterocycles. The van der Waals surface area contributed by atoms with Crippen LogP contribution in [0.5, 0.6) is 0 Å². The lowest BCUT2D eigenvalue weighted by Crippen LogP contribution is -2.08. The minimum Gasteiger partial charge on any atom is -0.253 e. The second-order valence-electron chi connectivity index (χ2n) is 4.08. The highest BCUT2D eigenvalue weighted by Gasteiger charge is 2.33. The van der Waals surface area contributed by atoms with Crippen molar-refractivity contribution in [3.05, 3.63) is 46.0 Å². The van der Waals surface area contributed by atoms with E-state index in [9.17, 15) is 13.2 Å². The van der Waals surface area contributed by atoms with Crippen LogP contribution in [0.25, 0.3) is 0 Å². The van der Waals surface area contributed by atoms with Gasteiger partial charge in [0.25, 0.3) is 0 Å². The maximum atomic E-state index is 12.8. The Morgan fingerprint density at radius 3 is 2.76 bits per heavy atom. The Bertz CT molecular complexity index is 713. The average Bonchev–Trinajstić information content (AvgIpc) is 2.83. The number of aryl methyl sites for hydroxylation is 1. The van der Waals surface area contributed by atoms with Crippen LogP contribution in [0, 0.1) is 18.3 Å². The summed E-state index contributed by atoms with van der Waals surface area (Å²) in [4.78, 5) is 4.10. The Morgan fingerprint density at radius 1 is 1.43 bits per heavy atom. The van der Waals surface area contributed by atoms with Gasteiger partial charge in [0.1, 0.15) is 0 Å². The quantitative estimate of drug-likeness (QED) is 0.693. The predicted molar refractivity (Wildman–Crippen MR) is 74.2 cm³/mol. The van der Waals surface area contributed by atoms with Crippen molar-refractivity contribution < 1.29 is 13.2 Å². The molecule has 0 radical (unpaired) electrons. The van der Waals surface area contributed by atoms with Crippen molar-refractivity contribution in [1.82, 2.24) is 4.98 Å². The zero-order valence-electron chi connectivity index (χ0n) is 10.8. The fraction of sp³-hybridized carbons (Fsp3) is 0.154. The van der Waals surface area contributed by atoms with E-state index in [2.05, 4.69) is 15.5 Å². The standard InChI is InChI=1S/C13H9F3N4S/c1-8-7-21-12(19-8)20-18-6-9-2-3-10(5-17)11(4-9)13(14,15)16/h2-4,6-7H,1H3,(H,19,20). The number of alkyl halides is 3. The van der Waals surface area contributed by atoms with E-state index >= 15 is 0 Å². The number of nitrogens with zero attached hydrogens (tertiary/aromatic N) is 3. The van der Waals surface area contributed by atoms with Gasteiger partial charge in [0.05, 0.1) is 29.1 Å². The Labute approximate surface area is 122 Å². The Morgan fingerprint density at radius 2 is 2.19 bits per heavy atom. The zero-order valence-corrected chi connectivity index (χ0v) is 11.6. The molecule has 21 heavy (non-hydrogen) atoms. The van der Waals surface area contributed by atoms with E-state index in [0.717, 1.165) is 17.8 Å². The largest absolute Gasteiger partial charge is 0.417 e. The van der Waals surface area contributed by atoms with Crippen molar-refractivity contribution in [2.24, 2.45) is 5.10 Å². The molecule has 0 saturated heterocycles. The first-order valence-corrected chi connectivity index (χ1v) is 6.60. The zero-order chi connectivity index (χ0) is 15.5. The van der Waals surface area contributed by atoms with Crippen LogP contribution < -0.4 is 5.43 Å². The summed E-state index contributed by atoms with van der Waals surface area (Å²) in [7, 11) is 0. The normalized spacial score (nSPS) is 11.6. The van der Waals surface area contributed by atoms with Gasteiger partial charge >= 0.3 is 6.18 Å². The summed E-state index contributed by atoms with van der Waals surface area (Å²) in [6.07, 6.45) is -3.33. The van der Waals surface area contributed by atoms with Crippen molar-refractivity contribution in [2.45, 2.75) is 13.1 Å². The molecule has 4 nitrogen and oxygen atoms in total. The van der Waals surface area contributed by atoms with E-state index < -0.39 is 17.3 Å². The van der Waals surface area contributed by atoms with Crippen molar-refractivity contribution in [3.8, 4) is 6.07 Å². The van der Waals surface area contributed by atoms with Crippen LogP contribution in [0.2, 0.25) is 0 Å². The molecule has 0 bridgehead atoms. The number of hydrogen-bond donors (Lipinski definition) is 1.